The summed E-state index contributed by atoms with van der Waals surface area (Å²) < 4.78 is 62.5. The summed E-state index contributed by atoms with van der Waals surface area (Å²) in [5, 5.41) is 0. The molecule has 0 bridgehead atoms. The van der Waals surface area contributed by atoms with Crippen LogP contribution in [0.2, 0.25) is 19.6 Å². The molecule has 0 spiro atoms. The smallest absolute Gasteiger partial charge is 0.398 e. The van der Waals surface area contributed by atoms with Gasteiger partial charge in [0.05, 0.1) is 0 Å². The Labute approximate surface area is 181 Å². The first-order valence-electron chi connectivity index (χ1n) is 10.0. The summed E-state index contributed by atoms with van der Waals surface area (Å²) in [5.41, 5.74) is -2.75. The number of benzene rings is 2. The lowest BCUT2D eigenvalue weighted by Crippen LogP contribution is -2.61. The van der Waals surface area contributed by atoms with E-state index in [0.717, 1.165) is 0 Å². The zero-order chi connectivity index (χ0) is 23.1. The van der Waals surface area contributed by atoms with Gasteiger partial charge in [-0.25, -0.2) is 0 Å². The number of rotatable bonds is 6. The average Bonchev–Trinajstić information content (AvgIpc) is 3.01. The van der Waals surface area contributed by atoms with Crippen LogP contribution < -0.4 is 0 Å². The molecule has 0 radical (unpaired) electrons. The average molecular weight is 453 g/mol. The fraction of sp³-hybridized carbons (Fsp3) is 0.435. The van der Waals surface area contributed by atoms with Gasteiger partial charge in [0.1, 0.15) is 6.10 Å². The summed E-state index contributed by atoms with van der Waals surface area (Å²) in [5.74, 6) is -1.99. The van der Waals surface area contributed by atoms with E-state index in [0.29, 0.717) is 0 Å². The molecule has 1 fully saturated rings. The number of halogens is 3. The molecule has 2 aromatic carbocycles. The molecule has 31 heavy (non-hydrogen) atoms. The fourth-order valence-electron chi connectivity index (χ4n) is 3.85. The molecule has 1 aliphatic heterocycles. The van der Waals surface area contributed by atoms with Crippen molar-refractivity contribution in [1.29, 1.82) is 0 Å². The summed E-state index contributed by atoms with van der Waals surface area (Å²) in [6, 6.07) is 15.5. The maximum absolute atomic E-state index is 15.0. The van der Waals surface area contributed by atoms with Crippen LogP contribution in [0.1, 0.15) is 29.8 Å². The third-order valence-electron chi connectivity index (χ3n) is 4.90. The summed E-state index contributed by atoms with van der Waals surface area (Å²) >= 11 is 0. The largest absolute Gasteiger partial charge is 0.423 e. The molecule has 0 unspecified atom stereocenters. The first kappa shape index (κ1) is 23.7. The van der Waals surface area contributed by atoms with E-state index in [1.807, 2.05) is 0 Å². The topological polar surface area (TPSA) is 44.8 Å². The zero-order valence-corrected chi connectivity index (χ0v) is 19.2. The Balaban J connectivity index is 2.23. The molecule has 2 aromatic rings. The van der Waals surface area contributed by atoms with E-state index in [4.69, 9.17) is 13.9 Å². The summed E-state index contributed by atoms with van der Waals surface area (Å²) in [6.07, 6.45) is -8.11. The van der Waals surface area contributed by atoms with Crippen molar-refractivity contribution in [3.63, 3.8) is 0 Å². The number of ketones is 1. The summed E-state index contributed by atoms with van der Waals surface area (Å²) in [7, 11) is -2.81. The minimum Gasteiger partial charge on any atom is -0.398 e. The van der Waals surface area contributed by atoms with Gasteiger partial charge in [-0.3, -0.25) is 4.79 Å². The van der Waals surface area contributed by atoms with E-state index in [1.165, 1.54) is 38.1 Å². The summed E-state index contributed by atoms with van der Waals surface area (Å²) in [4.78, 5) is 13.3. The van der Waals surface area contributed by atoms with Crippen molar-refractivity contribution in [2.24, 2.45) is 0 Å². The van der Waals surface area contributed by atoms with E-state index in [9.17, 15) is 18.0 Å². The first-order valence-corrected chi connectivity index (χ1v) is 13.4. The van der Waals surface area contributed by atoms with Crippen molar-refractivity contribution in [2.45, 2.75) is 63.3 Å². The molecule has 1 saturated heterocycles. The highest BCUT2D eigenvalue weighted by molar-refractivity contribution is 6.69. The standard InChI is InChI=1S/C23H27F3O4Si/c1-21(2)28-19(18(27)16-12-8-6-9-13-16)20(29-21)22(23(24,25)26,30-31(3,4)5)17-14-10-7-11-15-17/h6-15,19-20H,1-5H3/t19-,20+,22+/m0/s1. The molecule has 0 N–H and O–H groups in total. The van der Waals surface area contributed by atoms with Gasteiger partial charge in [-0.05, 0) is 39.1 Å². The highest BCUT2D eigenvalue weighted by atomic mass is 28.4. The third-order valence-corrected chi connectivity index (χ3v) is 5.84. The molecule has 1 aliphatic rings. The van der Waals surface area contributed by atoms with Crippen LogP contribution in [0.15, 0.2) is 60.7 Å². The Morgan fingerprint density at radius 3 is 1.94 bits per heavy atom. The molecule has 0 saturated carbocycles. The predicted molar refractivity (Wildman–Crippen MR) is 113 cm³/mol. The lowest BCUT2D eigenvalue weighted by Gasteiger charge is -2.45. The number of hydrogen-bond acceptors (Lipinski definition) is 4. The van der Waals surface area contributed by atoms with Gasteiger partial charge in [-0.2, -0.15) is 13.2 Å². The van der Waals surface area contributed by atoms with Gasteiger partial charge in [0, 0.05) is 5.56 Å². The quantitative estimate of drug-likeness (QED) is 0.417. The van der Waals surface area contributed by atoms with Gasteiger partial charge in [0.2, 0.25) is 5.60 Å². The van der Waals surface area contributed by atoms with Gasteiger partial charge in [0.25, 0.3) is 0 Å². The van der Waals surface area contributed by atoms with Crippen LogP contribution in [0.3, 0.4) is 0 Å². The van der Waals surface area contributed by atoms with Crippen LogP contribution in [0.25, 0.3) is 0 Å². The second-order valence-corrected chi connectivity index (χ2v) is 13.4. The molecule has 1 heterocycles. The Morgan fingerprint density at radius 2 is 1.45 bits per heavy atom. The van der Waals surface area contributed by atoms with Crippen molar-refractivity contribution in [3.05, 3.63) is 71.8 Å². The van der Waals surface area contributed by atoms with Gasteiger partial charge in [-0.1, -0.05) is 60.7 Å². The SMILES string of the molecule is CC1(C)O[C@@H]([C@](O[Si](C)(C)C)(c2ccccc2)C(F)(F)F)[C@H](C(=O)c2ccccc2)O1. The van der Waals surface area contributed by atoms with Crippen LogP contribution >= 0.6 is 0 Å². The number of carbonyl (C=O) groups excluding carboxylic acids is 1. The lowest BCUT2D eigenvalue weighted by molar-refractivity contribution is -0.297. The van der Waals surface area contributed by atoms with Crippen molar-refractivity contribution in [3.8, 4) is 0 Å². The molecule has 4 nitrogen and oxygen atoms in total. The van der Waals surface area contributed by atoms with E-state index in [1.54, 1.807) is 56.0 Å². The van der Waals surface area contributed by atoms with Crippen molar-refractivity contribution in [1.82, 2.24) is 0 Å². The third kappa shape index (κ3) is 4.77. The Hall–Kier alpha value is -2.00. The van der Waals surface area contributed by atoms with Crippen LogP contribution in [0.5, 0.6) is 0 Å². The van der Waals surface area contributed by atoms with Crippen LogP contribution in [0.4, 0.5) is 13.2 Å². The maximum atomic E-state index is 15.0. The van der Waals surface area contributed by atoms with Gasteiger partial charge in [0.15, 0.2) is 26.0 Å². The molecule has 3 rings (SSSR count). The normalized spacial score (nSPS) is 23.4. The molecule has 0 aliphatic carbocycles. The van der Waals surface area contributed by atoms with E-state index in [-0.39, 0.29) is 11.1 Å². The molecular formula is C23H27F3O4Si. The van der Waals surface area contributed by atoms with Crippen molar-refractivity contribution >= 4 is 14.1 Å². The Morgan fingerprint density at radius 1 is 0.935 bits per heavy atom. The highest BCUT2D eigenvalue weighted by Crippen LogP contribution is 2.52. The van der Waals surface area contributed by atoms with Crippen LogP contribution in [0, 0.1) is 0 Å². The minimum atomic E-state index is -4.88. The highest BCUT2D eigenvalue weighted by Gasteiger charge is 2.69. The predicted octanol–water partition coefficient (Wildman–Crippen LogP) is 5.70. The maximum Gasteiger partial charge on any atom is 0.423 e. The lowest BCUT2D eigenvalue weighted by atomic mass is 9.82. The summed E-state index contributed by atoms with van der Waals surface area (Å²) in [6.45, 7) is 8.01. The van der Waals surface area contributed by atoms with E-state index in [2.05, 4.69) is 0 Å². The molecule has 0 amide bonds. The molecular weight excluding hydrogens is 425 g/mol. The van der Waals surface area contributed by atoms with E-state index < -0.39 is 43.9 Å². The fourth-order valence-corrected chi connectivity index (χ4v) is 5.17. The molecule has 3 atom stereocenters. The van der Waals surface area contributed by atoms with Crippen LogP contribution in [-0.4, -0.2) is 38.3 Å². The van der Waals surface area contributed by atoms with Gasteiger partial charge < -0.3 is 13.9 Å². The van der Waals surface area contributed by atoms with Gasteiger partial charge >= 0.3 is 6.18 Å². The molecule has 8 heteroatoms. The minimum absolute atomic E-state index is 0.123. The number of alkyl halides is 3. The monoisotopic (exact) mass is 452 g/mol. The number of hydrogen-bond donors (Lipinski definition) is 0. The van der Waals surface area contributed by atoms with Crippen molar-refractivity contribution in [2.75, 3.05) is 0 Å². The zero-order valence-electron chi connectivity index (χ0n) is 18.2. The number of carbonyl (C=O) groups is 1. The van der Waals surface area contributed by atoms with Crippen molar-refractivity contribution < 1.29 is 31.9 Å². The van der Waals surface area contributed by atoms with E-state index >= 15 is 0 Å². The van der Waals surface area contributed by atoms with Gasteiger partial charge in [-0.15, -0.1) is 0 Å². The number of ether oxygens (including phenoxy) is 2. The molecule has 0 aromatic heterocycles. The second-order valence-electron chi connectivity index (χ2n) is 9.02. The number of Topliss-reactive ketones (excluding diaryl/α,β-unsaturated/α-hetero) is 1. The molecule has 168 valence electrons. The first-order chi connectivity index (χ1) is 14.3. The Kier molecular flexibility index (Phi) is 6.23. The van der Waals surface area contributed by atoms with Crippen LogP contribution in [-0.2, 0) is 19.5 Å². The Bertz CT molecular complexity index is 910. The second kappa shape index (κ2) is 8.16.